The minimum Gasteiger partial charge on any atom is -0.464 e. The third-order valence-electron chi connectivity index (χ3n) is 3.99. The lowest BCUT2D eigenvalue weighted by molar-refractivity contribution is 0.0593. The van der Waals surface area contributed by atoms with E-state index in [9.17, 15) is 9.59 Å². The van der Waals surface area contributed by atoms with Gasteiger partial charge in [0.25, 0.3) is 0 Å². The summed E-state index contributed by atoms with van der Waals surface area (Å²) in [7, 11) is 1.24. The van der Waals surface area contributed by atoms with Crippen LogP contribution in [-0.4, -0.2) is 23.4 Å². The SMILES string of the molecule is COC(=O)c1c(N)c(C#N)cn1-c1ccc(C(=O)c2ccccc2)cc1. The number of hydrogen-bond acceptors (Lipinski definition) is 5. The van der Waals surface area contributed by atoms with Crippen molar-refractivity contribution < 1.29 is 14.3 Å². The summed E-state index contributed by atoms with van der Waals surface area (Å²) in [5, 5.41) is 9.16. The number of nitrogens with zero attached hydrogens (tertiary/aromatic N) is 2. The Morgan fingerprint density at radius 2 is 1.65 bits per heavy atom. The maximum Gasteiger partial charge on any atom is 0.357 e. The van der Waals surface area contributed by atoms with Gasteiger partial charge >= 0.3 is 5.97 Å². The van der Waals surface area contributed by atoms with E-state index in [1.165, 1.54) is 17.9 Å². The maximum atomic E-state index is 12.5. The Morgan fingerprint density at radius 1 is 1.04 bits per heavy atom. The zero-order valence-corrected chi connectivity index (χ0v) is 14.0. The molecule has 0 aliphatic rings. The van der Waals surface area contributed by atoms with Crippen LogP contribution in [0.4, 0.5) is 5.69 Å². The maximum absolute atomic E-state index is 12.5. The number of methoxy groups -OCH3 is 1. The van der Waals surface area contributed by atoms with Crippen molar-refractivity contribution >= 4 is 17.4 Å². The standard InChI is InChI=1S/C20H15N3O3/c1-26-20(25)18-17(22)15(11-21)12-23(18)16-9-7-14(8-10-16)19(24)13-5-3-2-4-6-13/h2-10,12H,22H2,1H3. The first-order valence-electron chi connectivity index (χ1n) is 7.76. The van der Waals surface area contributed by atoms with E-state index < -0.39 is 5.97 Å². The van der Waals surface area contributed by atoms with Crippen molar-refractivity contribution in [3.63, 3.8) is 0 Å². The van der Waals surface area contributed by atoms with Crippen LogP contribution in [0.2, 0.25) is 0 Å². The molecule has 26 heavy (non-hydrogen) atoms. The summed E-state index contributed by atoms with van der Waals surface area (Å²) in [6.07, 6.45) is 1.47. The number of nitriles is 1. The van der Waals surface area contributed by atoms with Gasteiger partial charge in [-0.2, -0.15) is 5.26 Å². The summed E-state index contributed by atoms with van der Waals surface area (Å²) in [6, 6.07) is 17.6. The lowest BCUT2D eigenvalue weighted by Gasteiger charge is -2.09. The number of rotatable bonds is 4. The van der Waals surface area contributed by atoms with E-state index in [0.717, 1.165) is 0 Å². The first kappa shape index (κ1) is 17.0. The molecule has 0 radical (unpaired) electrons. The van der Waals surface area contributed by atoms with Gasteiger partial charge in [-0.05, 0) is 24.3 Å². The van der Waals surface area contributed by atoms with Crippen molar-refractivity contribution in [2.24, 2.45) is 0 Å². The number of carbonyl (C=O) groups is 2. The summed E-state index contributed by atoms with van der Waals surface area (Å²) < 4.78 is 6.24. The monoisotopic (exact) mass is 345 g/mol. The van der Waals surface area contributed by atoms with Crippen LogP contribution in [0.3, 0.4) is 0 Å². The second kappa shape index (κ2) is 6.95. The largest absolute Gasteiger partial charge is 0.464 e. The number of hydrogen-bond donors (Lipinski definition) is 1. The molecule has 0 fully saturated rings. The number of nitrogen functional groups attached to an aromatic ring is 1. The molecule has 0 spiro atoms. The average Bonchev–Trinajstić information content (AvgIpc) is 3.04. The molecule has 2 aromatic carbocycles. The Bertz CT molecular complexity index is 1010. The van der Waals surface area contributed by atoms with E-state index in [0.29, 0.717) is 16.8 Å². The number of anilines is 1. The number of nitrogens with two attached hydrogens (primary N) is 1. The normalized spacial score (nSPS) is 10.2. The van der Waals surface area contributed by atoms with Gasteiger partial charge in [-0.1, -0.05) is 30.3 Å². The smallest absolute Gasteiger partial charge is 0.357 e. The van der Waals surface area contributed by atoms with Gasteiger partial charge in [-0.3, -0.25) is 4.79 Å². The molecule has 3 aromatic rings. The van der Waals surface area contributed by atoms with Gasteiger partial charge in [0.2, 0.25) is 0 Å². The first-order valence-corrected chi connectivity index (χ1v) is 7.76. The Kier molecular flexibility index (Phi) is 4.54. The van der Waals surface area contributed by atoms with Crippen molar-refractivity contribution in [3.05, 3.63) is 83.2 Å². The Morgan fingerprint density at radius 3 is 2.23 bits per heavy atom. The Labute approximate surface area is 150 Å². The van der Waals surface area contributed by atoms with E-state index in [2.05, 4.69) is 0 Å². The van der Waals surface area contributed by atoms with Gasteiger partial charge < -0.3 is 15.0 Å². The molecule has 0 atom stereocenters. The summed E-state index contributed by atoms with van der Waals surface area (Å²) in [4.78, 5) is 24.5. The van der Waals surface area contributed by atoms with Crippen LogP contribution in [0.25, 0.3) is 5.69 Å². The molecule has 6 nitrogen and oxygen atoms in total. The molecule has 3 rings (SSSR count). The Balaban J connectivity index is 2.01. The van der Waals surface area contributed by atoms with E-state index in [-0.39, 0.29) is 22.7 Å². The zero-order chi connectivity index (χ0) is 18.7. The molecule has 128 valence electrons. The third-order valence-corrected chi connectivity index (χ3v) is 3.99. The summed E-state index contributed by atoms with van der Waals surface area (Å²) >= 11 is 0. The summed E-state index contributed by atoms with van der Waals surface area (Å²) in [6.45, 7) is 0. The molecule has 0 saturated carbocycles. The molecular weight excluding hydrogens is 330 g/mol. The van der Waals surface area contributed by atoms with Gasteiger partial charge in [-0.25, -0.2) is 4.79 Å². The van der Waals surface area contributed by atoms with Crippen molar-refractivity contribution in [3.8, 4) is 11.8 Å². The summed E-state index contributed by atoms with van der Waals surface area (Å²) in [5.74, 6) is -0.747. The number of ether oxygens (including phenoxy) is 1. The summed E-state index contributed by atoms with van der Waals surface area (Å²) in [5.41, 5.74) is 7.88. The van der Waals surface area contributed by atoms with Crippen LogP contribution in [0.1, 0.15) is 32.0 Å². The fourth-order valence-electron chi connectivity index (χ4n) is 2.65. The van der Waals surface area contributed by atoms with Crippen molar-refractivity contribution in [1.82, 2.24) is 4.57 Å². The van der Waals surface area contributed by atoms with E-state index in [1.54, 1.807) is 48.5 Å². The lowest BCUT2D eigenvalue weighted by atomic mass is 10.0. The second-order valence-corrected chi connectivity index (χ2v) is 5.52. The third kappa shape index (κ3) is 2.94. The Hall–Kier alpha value is -3.85. The zero-order valence-electron chi connectivity index (χ0n) is 14.0. The molecule has 0 bridgehead atoms. The molecule has 0 aliphatic carbocycles. The number of esters is 1. The van der Waals surface area contributed by atoms with E-state index >= 15 is 0 Å². The fraction of sp³-hybridized carbons (Fsp3) is 0.0500. The van der Waals surface area contributed by atoms with Gasteiger partial charge in [0.15, 0.2) is 11.5 Å². The predicted octanol–water partition coefficient (Wildman–Crippen LogP) is 2.95. The number of ketones is 1. The molecule has 6 heteroatoms. The molecule has 0 amide bonds. The average molecular weight is 345 g/mol. The van der Waals surface area contributed by atoms with Gasteiger partial charge in [0, 0.05) is 23.0 Å². The molecular formula is C20H15N3O3. The quantitative estimate of drug-likeness (QED) is 0.579. The van der Waals surface area contributed by atoms with Crippen LogP contribution in [0.15, 0.2) is 60.8 Å². The molecule has 1 aromatic heterocycles. The van der Waals surface area contributed by atoms with E-state index in [4.69, 9.17) is 15.7 Å². The van der Waals surface area contributed by atoms with Crippen molar-refractivity contribution in [2.75, 3.05) is 12.8 Å². The van der Waals surface area contributed by atoms with Crippen LogP contribution in [0, 0.1) is 11.3 Å². The van der Waals surface area contributed by atoms with Gasteiger partial charge in [0.05, 0.1) is 18.4 Å². The molecule has 2 N–H and O–H groups in total. The highest BCUT2D eigenvalue weighted by molar-refractivity contribution is 6.09. The van der Waals surface area contributed by atoms with E-state index in [1.807, 2.05) is 12.1 Å². The second-order valence-electron chi connectivity index (χ2n) is 5.52. The molecule has 1 heterocycles. The topological polar surface area (TPSA) is 98.1 Å². The highest BCUT2D eigenvalue weighted by atomic mass is 16.5. The highest BCUT2D eigenvalue weighted by Crippen LogP contribution is 2.25. The lowest BCUT2D eigenvalue weighted by Crippen LogP contribution is -2.11. The minimum atomic E-state index is -0.645. The number of carbonyl (C=O) groups excluding carboxylic acids is 2. The van der Waals surface area contributed by atoms with Crippen LogP contribution >= 0.6 is 0 Å². The van der Waals surface area contributed by atoms with Crippen LogP contribution in [-0.2, 0) is 4.74 Å². The fourth-order valence-corrected chi connectivity index (χ4v) is 2.65. The van der Waals surface area contributed by atoms with Crippen molar-refractivity contribution in [2.45, 2.75) is 0 Å². The van der Waals surface area contributed by atoms with Crippen molar-refractivity contribution in [1.29, 1.82) is 5.26 Å². The molecule has 0 saturated heterocycles. The molecule has 0 unspecified atom stereocenters. The first-order chi connectivity index (χ1) is 12.6. The minimum absolute atomic E-state index is 0.0591. The highest BCUT2D eigenvalue weighted by Gasteiger charge is 2.21. The van der Waals surface area contributed by atoms with Crippen LogP contribution < -0.4 is 5.73 Å². The van der Waals surface area contributed by atoms with Crippen LogP contribution in [0.5, 0.6) is 0 Å². The van der Waals surface area contributed by atoms with Gasteiger partial charge in [0.1, 0.15) is 6.07 Å². The van der Waals surface area contributed by atoms with Gasteiger partial charge in [-0.15, -0.1) is 0 Å². The number of benzene rings is 2. The molecule has 0 aliphatic heterocycles. The predicted molar refractivity (Wildman–Crippen MR) is 96.1 cm³/mol. The number of aromatic nitrogens is 1.